The Balaban J connectivity index is 2.30. The molecule has 3 heteroatoms. The molecule has 0 saturated heterocycles. The first-order chi connectivity index (χ1) is 7.58. The fraction of sp³-hybridized carbons (Fsp3) is 0.462. The van der Waals surface area contributed by atoms with Crippen molar-refractivity contribution in [2.75, 3.05) is 0 Å². The summed E-state index contributed by atoms with van der Waals surface area (Å²) in [7, 11) is 0. The van der Waals surface area contributed by atoms with Crippen LogP contribution >= 0.6 is 11.6 Å². The molecule has 0 fully saturated rings. The number of benzene rings is 1. The number of aryl methyl sites for hydroxylation is 1. The Morgan fingerprint density at radius 1 is 1.50 bits per heavy atom. The molecule has 2 rings (SSSR count). The van der Waals surface area contributed by atoms with Gasteiger partial charge in [-0.3, -0.25) is 4.79 Å². The van der Waals surface area contributed by atoms with E-state index in [2.05, 4.69) is 0 Å². The smallest absolute Gasteiger partial charge is 0.306 e. The fourth-order valence-electron chi connectivity index (χ4n) is 2.35. The highest BCUT2D eigenvalue weighted by atomic mass is 35.5. The Bertz CT molecular complexity index is 426. The molecule has 1 aliphatic carbocycles. The first-order valence-corrected chi connectivity index (χ1v) is 5.98. The fourth-order valence-corrected chi connectivity index (χ4v) is 2.62. The molecule has 2 nitrogen and oxygen atoms in total. The van der Waals surface area contributed by atoms with Crippen LogP contribution in [0.5, 0.6) is 0 Å². The van der Waals surface area contributed by atoms with Gasteiger partial charge in [0, 0.05) is 5.02 Å². The first kappa shape index (κ1) is 11.5. The molecule has 1 aliphatic rings. The number of hydrogen-bond acceptors (Lipinski definition) is 1. The van der Waals surface area contributed by atoms with Crippen molar-refractivity contribution in [2.24, 2.45) is 5.92 Å². The molecule has 1 atom stereocenters. The molecular formula is C13H15ClO2. The van der Waals surface area contributed by atoms with E-state index in [0.717, 1.165) is 29.8 Å². The summed E-state index contributed by atoms with van der Waals surface area (Å²) in [4.78, 5) is 10.9. The number of carboxylic acid groups (broad SMARTS) is 1. The maximum absolute atomic E-state index is 10.9. The summed E-state index contributed by atoms with van der Waals surface area (Å²) in [5.41, 5.74) is 3.76. The number of halogens is 1. The average molecular weight is 239 g/mol. The standard InChI is InChI=1S/C13H15ClO2/c1-8(13(15)16)5-10-7-11(14)6-9-3-2-4-12(9)10/h6-8H,2-5H2,1H3,(H,15,16). The average Bonchev–Trinajstić information content (AvgIpc) is 2.65. The van der Waals surface area contributed by atoms with Crippen molar-refractivity contribution in [2.45, 2.75) is 32.6 Å². The molecule has 86 valence electrons. The number of aliphatic carboxylic acids is 1. The van der Waals surface area contributed by atoms with Crippen LogP contribution in [0.25, 0.3) is 0 Å². The predicted molar refractivity (Wildman–Crippen MR) is 64.0 cm³/mol. The van der Waals surface area contributed by atoms with Gasteiger partial charge in [-0.15, -0.1) is 0 Å². The third-order valence-corrected chi connectivity index (χ3v) is 3.44. The lowest BCUT2D eigenvalue weighted by Crippen LogP contribution is -2.13. The summed E-state index contributed by atoms with van der Waals surface area (Å²) in [5.74, 6) is -1.09. The SMILES string of the molecule is CC(Cc1cc(Cl)cc2c1CCC2)C(=O)O. The van der Waals surface area contributed by atoms with Crippen LogP contribution in [0.1, 0.15) is 30.0 Å². The maximum atomic E-state index is 10.9. The normalized spacial score (nSPS) is 15.9. The van der Waals surface area contributed by atoms with Crippen molar-refractivity contribution < 1.29 is 9.90 Å². The summed E-state index contributed by atoms with van der Waals surface area (Å²) in [6.45, 7) is 1.74. The quantitative estimate of drug-likeness (QED) is 0.879. The van der Waals surface area contributed by atoms with Crippen LogP contribution in [0.4, 0.5) is 0 Å². The van der Waals surface area contributed by atoms with Gasteiger partial charge in [0.05, 0.1) is 5.92 Å². The number of carbonyl (C=O) groups is 1. The molecule has 16 heavy (non-hydrogen) atoms. The molecule has 1 aromatic carbocycles. The van der Waals surface area contributed by atoms with Crippen LogP contribution in [0.15, 0.2) is 12.1 Å². The maximum Gasteiger partial charge on any atom is 0.306 e. The summed E-state index contributed by atoms with van der Waals surface area (Å²) in [6, 6.07) is 3.93. The zero-order valence-corrected chi connectivity index (χ0v) is 10.0. The molecule has 0 bridgehead atoms. The Morgan fingerprint density at radius 2 is 2.25 bits per heavy atom. The van der Waals surface area contributed by atoms with Crippen molar-refractivity contribution in [1.29, 1.82) is 0 Å². The van der Waals surface area contributed by atoms with Gasteiger partial charge >= 0.3 is 5.97 Å². The first-order valence-electron chi connectivity index (χ1n) is 5.61. The van der Waals surface area contributed by atoms with Crippen molar-refractivity contribution in [3.8, 4) is 0 Å². The van der Waals surface area contributed by atoms with Gasteiger partial charge in [0.1, 0.15) is 0 Å². The highest BCUT2D eigenvalue weighted by molar-refractivity contribution is 6.30. The van der Waals surface area contributed by atoms with E-state index in [9.17, 15) is 4.79 Å². The summed E-state index contributed by atoms with van der Waals surface area (Å²) < 4.78 is 0. The van der Waals surface area contributed by atoms with Crippen molar-refractivity contribution in [3.63, 3.8) is 0 Å². The predicted octanol–water partition coefficient (Wildman–Crippen LogP) is 3.09. The van der Waals surface area contributed by atoms with E-state index >= 15 is 0 Å². The highest BCUT2D eigenvalue weighted by Crippen LogP contribution is 2.30. The number of fused-ring (bicyclic) bond motifs is 1. The van der Waals surface area contributed by atoms with Crippen LogP contribution in [-0.2, 0) is 24.1 Å². The van der Waals surface area contributed by atoms with Gasteiger partial charge in [0.15, 0.2) is 0 Å². The van der Waals surface area contributed by atoms with E-state index in [1.165, 1.54) is 11.1 Å². The third-order valence-electron chi connectivity index (χ3n) is 3.22. The topological polar surface area (TPSA) is 37.3 Å². The number of hydrogen-bond donors (Lipinski definition) is 1. The lowest BCUT2D eigenvalue weighted by Gasteiger charge is -2.12. The second-order valence-electron chi connectivity index (χ2n) is 4.50. The van der Waals surface area contributed by atoms with Crippen molar-refractivity contribution in [3.05, 3.63) is 33.8 Å². The molecule has 0 aromatic heterocycles. The van der Waals surface area contributed by atoms with E-state index < -0.39 is 5.97 Å². The largest absolute Gasteiger partial charge is 0.481 e. The van der Waals surface area contributed by atoms with E-state index in [4.69, 9.17) is 16.7 Å². The highest BCUT2D eigenvalue weighted by Gasteiger charge is 2.19. The molecule has 0 aliphatic heterocycles. The minimum atomic E-state index is -0.744. The lowest BCUT2D eigenvalue weighted by molar-refractivity contribution is -0.141. The summed E-state index contributed by atoms with van der Waals surface area (Å²) in [5, 5.41) is 9.66. The lowest BCUT2D eigenvalue weighted by atomic mass is 9.95. The number of rotatable bonds is 3. The van der Waals surface area contributed by atoms with Gasteiger partial charge < -0.3 is 5.11 Å². The Hall–Kier alpha value is -1.02. The minimum Gasteiger partial charge on any atom is -0.481 e. The van der Waals surface area contributed by atoms with Gasteiger partial charge in [-0.25, -0.2) is 0 Å². The molecule has 0 heterocycles. The monoisotopic (exact) mass is 238 g/mol. The molecule has 1 aromatic rings. The van der Waals surface area contributed by atoms with Crippen LogP contribution < -0.4 is 0 Å². The van der Waals surface area contributed by atoms with Gasteiger partial charge in [0.2, 0.25) is 0 Å². The van der Waals surface area contributed by atoms with Crippen LogP contribution in [0, 0.1) is 5.92 Å². The zero-order chi connectivity index (χ0) is 11.7. The molecule has 0 spiro atoms. The molecule has 1 unspecified atom stereocenters. The molecule has 0 saturated carbocycles. The molecular weight excluding hydrogens is 224 g/mol. The van der Waals surface area contributed by atoms with Crippen molar-refractivity contribution in [1.82, 2.24) is 0 Å². The van der Waals surface area contributed by atoms with Gasteiger partial charge in [-0.1, -0.05) is 18.5 Å². The Morgan fingerprint density at radius 3 is 2.94 bits per heavy atom. The second kappa shape index (κ2) is 4.46. The molecule has 1 N–H and O–H groups in total. The third kappa shape index (κ3) is 2.22. The van der Waals surface area contributed by atoms with E-state index in [1.54, 1.807) is 6.92 Å². The summed E-state index contributed by atoms with van der Waals surface area (Å²) >= 11 is 6.04. The van der Waals surface area contributed by atoms with Crippen LogP contribution in [0.2, 0.25) is 5.02 Å². The second-order valence-corrected chi connectivity index (χ2v) is 4.94. The van der Waals surface area contributed by atoms with Gasteiger partial charge in [0.25, 0.3) is 0 Å². The van der Waals surface area contributed by atoms with Gasteiger partial charge in [-0.2, -0.15) is 0 Å². The number of carboxylic acids is 1. The van der Waals surface area contributed by atoms with Crippen molar-refractivity contribution >= 4 is 17.6 Å². The Labute approximate surface area is 100 Å². The molecule has 0 radical (unpaired) electrons. The van der Waals surface area contributed by atoms with E-state index in [1.807, 2.05) is 12.1 Å². The van der Waals surface area contributed by atoms with E-state index in [0.29, 0.717) is 6.42 Å². The van der Waals surface area contributed by atoms with Gasteiger partial charge in [-0.05, 0) is 54.5 Å². The van der Waals surface area contributed by atoms with Crippen LogP contribution in [0.3, 0.4) is 0 Å². The van der Waals surface area contributed by atoms with E-state index in [-0.39, 0.29) is 5.92 Å². The minimum absolute atomic E-state index is 0.344. The summed E-state index contributed by atoms with van der Waals surface area (Å²) in [6.07, 6.45) is 3.88. The van der Waals surface area contributed by atoms with Crippen LogP contribution in [-0.4, -0.2) is 11.1 Å². The molecule has 0 amide bonds. The Kier molecular flexibility index (Phi) is 3.20. The zero-order valence-electron chi connectivity index (χ0n) is 9.29.